The van der Waals surface area contributed by atoms with Gasteiger partial charge < -0.3 is 14.4 Å². The normalized spacial score (nSPS) is 12.1. The predicted molar refractivity (Wildman–Crippen MR) is 92.5 cm³/mol. The molecule has 0 aliphatic heterocycles. The second kappa shape index (κ2) is 7.42. The van der Waals surface area contributed by atoms with Gasteiger partial charge in [-0.2, -0.15) is 0 Å². The third kappa shape index (κ3) is 3.55. The zero-order valence-electron chi connectivity index (χ0n) is 13.3. The molecule has 1 N–H and O–H groups in total. The Labute approximate surface area is 144 Å². The van der Waals surface area contributed by atoms with E-state index in [1.54, 1.807) is 18.3 Å². The molecular formula is C18H18N2O3S. The quantitative estimate of drug-likeness (QED) is 0.669. The molecule has 0 saturated heterocycles. The van der Waals surface area contributed by atoms with Crippen molar-refractivity contribution in [2.45, 2.75) is 19.6 Å². The molecule has 5 nitrogen and oxygen atoms in total. The van der Waals surface area contributed by atoms with E-state index in [-0.39, 0.29) is 5.78 Å². The largest absolute Gasteiger partial charge is 0.491 e. The average Bonchev–Trinajstić information content (AvgIpc) is 3.26. The number of aliphatic hydroxyl groups excluding tert-OH is 1. The lowest BCUT2D eigenvalue weighted by atomic mass is 10.1. The van der Waals surface area contributed by atoms with Crippen LogP contribution in [0.25, 0.3) is 0 Å². The molecule has 0 bridgehead atoms. The summed E-state index contributed by atoms with van der Waals surface area (Å²) in [7, 11) is 0. The number of aliphatic hydroxyl groups is 1. The fourth-order valence-corrected chi connectivity index (χ4v) is 3.17. The van der Waals surface area contributed by atoms with E-state index in [1.165, 1.54) is 18.3 Å². The first-order valence-electron chi connectivity index (χ1n) is 7.62. The third-order valence-corrected chi connectivity index (χ3v) is 4.59. The van der Waals surface area contributed by atoms with Crippen molar-refractivity contribution in [2.24, 2.45) is 0 Å². The van der Waals surface area contributed by atoms with Gasteiger partial charge in [-0.1, -0.05) is 18.2 Å². The SMILES string of the molecule is CC(=O)c1ccccc1OCCn1ccnc1[C@@H](O)c1cccs1. The maximum absolute atomic E-state index is 11.6. The number of ether oxygens (including phenoxy) is 1. The van der Waals surface area contributed by atoms with E-state index in [4.69, 9.17) is 4.74 Å². The number of ketones is 1. The van der Waals surface area contributed by atoms with Crippen LogP contribution in [0.1, 0.15) is 34.1 Å². The molecule has 124 valence electrons. The van der Waals surface area contributed by atoms with Crippen molar-refractivity contribution < 1.29 is 14.6 Å². The molecule has 0 unspecified atom stereocenters. The minimum atomic E-state index is -0.746. The molecule has 0 aliphatic carbocycles. The van der Waals surface area contributed by atoms with Crippen molar-refractivity contribution in [3.63, 3.8) is 0 Å². The molecule has 0 radical (unpaired) electrons. The molecule has 0 aliphatic rings. The average molecular weight is 342 g/mol. The van der Waals surface area contributed by atoms with Crippen LogP contribution in [-0.4, -0.2) is 27.0 Å². The van der Waals surface area contributed by atoms with E-state index >= 15 is 0 Å². The summed E-state index contributed by atoms with van der Waals surface area (Å²) in [6, 6.07) is 11.0. The molecule has 0 amide bonds. The number of carbonyl (C=O) groups excluding carboxylic acids is 1. The molecule has 0 spiro atoms. The number of nitrogens with zero attached hydrogens (tertiary/aromatic N) is 2. The van der Waals surface area contributed by atoms with Crippen LogP contribution in [0.4, 0.5) is 0 Å². The van der Waals surface area contributed by atoms with Crippen LogP contribution in [0.5, 0.6) is 5.75 Å². The Morgan fingerprint density at radius 2 is 2.17 bits per heavy atom. The van der Waals surface area contributed by atoms with Crippen molar-refractivity contribution in [2.75, 3.05) is 6.61 Å². The fraction of sp³-hybridized carbons (Fsp3) is 0.222. The van der Waals surface area contributed by atoms with E-state index in [9.17, 15) is 9.90 Å². The van der Waals surface area contributed by atoms with Crippen molar-refractivity contribution in [1.82, 2.24) is 9.55 Å². The molecule has 0 fully saturated rings. The van der Waals surface area contributed by atoms with Gasteiger partial charge in [-0.05, 0) is 30.5 Å². The van der Waals surface area contributed by atoms with Crippen LogP contribution in [0.2, 0.25) is 0 Å². The molecular weight excluding hydrogens is 324 g/mol. The number of hydrogen-bond acceptors (Lipinski definition) is 5. The second-order valence-electron chi connectivity index (χ2n) is 5.30. The summed E-state index contributed by atoms with van der Waals surface area (Å²) in [6.07, 6.45) is 2.73. The van der Waals surface area contributed by atoms with Crippen molar-refractivity contribution in [3.05, 3.63) is 70.4 Å². The summed E-state index contributed by atoms with van der Waals surface area (Å²) in [4.78, 5) is 16.7. The first-order chi connectivity index (χ1) is 11.7. The van der Waals surface area contributed by atoms with E-state index in [1.807, 2.05) is 40.4 Å². The van der Waals surface area contributed by atoms with E-state index in [0.717, 1.165) is 4.88 Å². The number of rotatable bonds is 7. The highest BCUT2D eigenvalue weighted by atomic mass is 32.1. The highest BCUT2D eigenvalue weighted by Crippen LogP contribution is 2.24. The highest BCUT2D eigenvalue weighted by molar-refractivity contribution is 7.10. The first-order valence-corrected chi connectivity index (χ1v) is 8.50. The third-order valence-electron chi connectivity index (χ3n) is 3.66. The van der Waals surface area contributed by atoms with Crippen LogP contribution < -0.4 is 4.74 Å². The minimum absolute atomic E-state index is 0.0259. The summed E-state index contributed by atoms with van der Waals surface area (Å²) in [6.45, 7) is 2.43. The molecule has 1 aromatic carbocycles. The van der Waals surface area contributed by atoms with Gasteiger partial charge in [0.1, 0.15) is 24.3 Å². The monoisotopic (exact) mass is 342 g/mol. The van der Waals surface area contributed by atoms with Crippen molar-refractivity contribution >= 4 is 17.1 Å². The Kier molecular flexibility index (Phi) is 5.08. The molecule has 3 rings (SSSR count). The molecule has 3 aromatic rings. The van der Waals surface area contributed by atoms with Gasteiger partial charge in [0.25, 0.3) is 0 Å². The van der Waals surface area contributed by atoms with Gasteiger partial charge in [-0.25, -0.2) is 4.98 Å². The Morgan fingerprint density at radius 3 is 2.92 bits per heavy atom. The number of Topliss-reactive ketones (excluding diaryl/α,β-unsaturated/α-hetero) is 1. The second-order valence-corrected chi connectivity index (χ2v) is 6.28. The van der Waals surface area contributed by atoms with Crippen molar-refractivity contribution in [3.8, 4) is 5.75 Å². The number of imidazole rings is 1. The first kappa shape index (κ1) is 16.4. The summed E-state index contributed by atoms with van der Waals surface area (Å²) in [5, 5.41) is 12.3. The van der Waals surface area contributed by atoms with Gasteiger partial charge in [0.2, 0.25) is 0 Å². The van der Waals surface area contributed by atoms with Crippen LogP contribution in [0.3, 0.4) is 0 Å². The summed E-state index contributed by atoms with van der Waals surface area (Å²) < 4.78 is 7.61. The van der Waals surface area contributed by atoms with Gasteiger partial charge in [-0.15, -0.1) is 11.3 Å². The lowest BCUT2D eigenvalue weighted by molar-refractivity contribution is 0.101. The zero-order valence-corrected chi connectivity index (χ0v) is 14.1. The molecule has 2 aromatic heterocycles. The van der Waals surface area contributed by atoms with Gasteiger partial charge in [0.15, 0.2) is 5.78 Å². The molecule has 1 atom stereocenters. The molecule has 24 heavy (non-hydrogen) atoms. The fourth-order valence-electron chi connectivity index (χ4n) is 2.47. The summed E-state index contributed by atoms with van der Waals surface area (Å²) >= 11 is 1.49. The van der Waals surface area contributed by atoms with Gasteiger partial charge >= 0.3 is 0 Å². The number of thiophene rings is 1. The summed E-state index contributed by atoms with van der Waals surface area (Å²) in [5.41, 5.74) is 0.571. The maximum Gasteiger partial charge on any atom is 0.163 e. The van der Waals surface area contributed by atoms with Crippen LogP contribution in [0.15, 0.2) is 54.2 Å². The lowest BCUT2D eigenvalue weighted by Crippen LogP contribution is -2.14. The van der Waals surface area contributed by atoms with Gasteiger partial charge in [0.05, 0.1) is 12.1 Å². The Bertz CT molecular complexity index is 811. The standard InChI is InChI=1S/C18H18N2O3S/c1-13(21)14-5-2-3-6-15(14)23-11-10-20-9-8-19-18(20)17(22)16-7-4-12-24-16/h2-9,12,17,22H,10-11H2,1H3/t17-/m0/s1. The molecule has 2 heterocycles. The highest BCUT2D eigenvalue weighted by Gasteiger charge is 2.17. The Hall–Kier alpha value is -2.44. The number of hydrogen-bond donors (Lipinski definition) is 1. The number of para-hydroxylation sites is 1. The predicted octanol–water partition coefficient (Wildman–Crippen LogP) is 3.31. The number of aromatic nitrogens is 2. The zero-order chi connectivity index (χ0) is 16.9. The van der Waals surface area contributed by atoms with Crippen LogP contribution in [-0.2, 0) is 6.54 Å². The van der Waals surface area contributed by atoms with Gasteiger partial charge in [0, 0.05) is 17.3 Å². The Balaban J connectivity index is 1.67. The Morgan fingerprint density at radius 1 is 1.33 bits per heavy atom. The summed E-state index contributed by atoms with van der Waals surface area (Å²) in [5.74, 6) is 1.13. The minimum Gasteiger partial charge on any atom is -0.491 e. The van der Waals surface area contributed by atoms with E-state index in [0.29, 0.717) is 30.3 Å². The number of benzene rings is 1. The number of carbonyl (C=O) groups is 1. The molecule has 6 heteroatoms. The maximum atomic E-state index is 11.6. The van der Waals surface area contributed by atoms with E-state index < -0.39 is 6.10 Å². The van der Waals surface area contributed by atoms with Crippen molar-refractivity contribution in [1.29, 1.82) is 0 Å². The van der Waals surface area contributed by atoms with Crippen LogP contribution >= 0.6 is 11.3 Å². The smallest absolute Gasteiger partial charge is 0.163 e. The molecule has 0 saturated carbocycles. The van der Waals surface area contributed by atoms with E-state index in [2.05, 4.69) is 4.98 Å². The topological polar surface area (TPSA) is 64.4 Å². The lowest BCUT2D eigenvalue weighted by Gasteiger charge is -2.14. The van der Waals surface area contributed by atoms with Gasteiger partial charge in [-0.3, -0.25) is 4.79 Å². The van der Waals surface area contributed by atoms with Crippen LogP contribution in [0, 0.1) is 0 Å².